The van der Waals surface area contributed by atoms with Crippen LogP contribution in [0.3, 0.4) is 0 Å². The highest BCUT2D eigenvalue weighted by molar-refractivity contribution is 7.98. The second kappa shape index (κ2) is 7.31. The van der Waals surface area contributed by atoms with E-state index in [-0.39, 0.29) is 0 Å². The molecule has 1 aromatic heterocycles. The average molecular weight is 276 g/mol. The van der Waals surface area contributed by atoms with Crippen molar-refractivity contribution in [3.63, 3.8) is 0 Å². The van der Waals surface area contributed by atoms with Crippen molar-refractivity contribution in [1.82, 2.24) is 20.7 Å². The number of nitrogens with zero attached hydrogens (tertiary/aromatic N) is 2. The topological polar surface area (TPSA) is 53.6 Å². The number of H-pyrrole nitrogens is 1. The molecule has 0 saturated heterocycles. The van der Waals surface area contributed by atoms with Gasteiger partial charge in [-0.15, -0.1) is 0 Å². The van der Waals surface area contributed by atoms with Crippen molar-refractivity contribution in [2.24, 2.45) is 0 Å². The molecule has 0 bridgehead atoms. The van der Waals surface area contributed by atoms with Crippen LogP contribution >= 0.6 is 11.8 Å². The van der Waals surface area contributed by atoms with Crippen molar-refractivity contribution >= 4 is 11.8 Å². The number of thioether (sulfide) groups is 1. The molecule has 2 N–H and O–H groups in total. The zero-order chi connectivity index (χ0) is 13.5. The number of rotatable bonds is 7. The minimum Gasteiger partial charge on any atom is -0.307 e. The van der Waals surface area contributed by atoms with Crippen LogP contribution in [-0.4, -0.2) is 33.5 Å². The van der Waals surface area contributed by atoms with E-state index in [1.54, 1.807) is 0 Å². The minimum absolute atomic E-state index is 0.523. The highest BCUT2D eigenvalue weighted by Gasteiger charge is 2.11. The fourth-order valence-corrected chi connectivity index (χ4v) is 2.72. The number of aromatic nitrogens is 3. The molecule has 0 aliphatic carbocycles. The summed E-state index contributed by atoms with van der Waals surface area (Å²) < 4.78 is 0. The van der Waals surface area contributed by atoms with Crippen molar-refractivity contribution in [1.29, 1.82) is 0 Å². The SMILES string of the molecule is CCC(CSC)NCc1n[nH]nc1-c1ccccc1. The van der Waals surface area contributed by atoms with Gasteiger partial charge in [-0.1, -0.05) is 37.3 Å². The third-order valence-electron chi connectivity index (χ3n) is 3.09. The van der Waals surface area contributed by atoms with E-state index in [2.05, 4.69) is 46.0 Å². The van der Waals surface area contributed by atoms with E-state index >= 15 is 0 Å². The first-order valence-electron chi connectivity index (χ1n) is 6.52. The van der Waals surface area contributed by atoms with E-state index in [1.165, 1.54) is 0 Å². The normalized spacial score (nSPS) is 12.5. The summed E-state index contributed by atoms with van der Waals surface area (Å²) in [7, 11) is 0. The van der Waals surface area contributed by atoms with Crippen LogP contribution in [0.4, 0.5) is 0 Å². The lowest BCUT2D eigenvalue weighted by atomic mass is 10.1. The molecule has 1 unspecified atom stereocenters. The predicted octanol–water partition coefficient (Wildman–Crippen LogP) is 2.70. The fourth-order valence-electron chi connectivity index (χ4n) is 1.97. The maximum Gasteiger partial charge on any atom is 0.117 e. The van der Waals surface area contributed by atoms with Gasteiger partial charge in [-0.25, -0.2) is 0 Å². The molecule has 2 rings (SSSR count). The monoisotopic (exact) mass is 276 g/mol. The van der Waals surface area contributed by atoms with Crippen molar-refractivity contribution in [3.8, 4) is 11.3 Å². The molecule has 0 aliphatic heterocycles. The summed E-state index contributed by atoms with van der Waals surface area (Å²) in [4.78, 5) is 0. The highest BCUT2D eigenvalue weighted by atomic mass is 32.2. The number of benzene rings is 1. The molecule has 2 aromatic rings. The van der Waals surface area contributed by atoms with Gasteiger partial charge in [0.1, 0.15) is 11.4 Å². The lowest BCUT2D eigenvalue weighted by Crippen LogP contribution is -2.30. The van der Waals surface area contributed by atoms with Gasteiger partial charge in [0.05, 0.1) is 0 Å². The number of hydrogen-bond acceptors (Lipinski definition) is 4. The summed E-state index contributed by atoms with van der Waals surface area (Å²) in [6, 6.07) is 10.7. The molecular weight excluding hydrogens is 256 g/mol. The van der Waals surface area contributed by atoms with Crippen LogP contribution in [0, 0.1) is 0 Å². The van der Waals surface area contributed by atoms with Gasteiger partial charge in [-0.3, -0.25) is 0 Å². The zero-order valence-corrected chi connectivity index (χ0v) is 12.2. The van der Waals surface area contributed by atoms with Crippen LogP contribution in [0.5, 0.6) is 0 Å². The summed E-state index contributed by atoms with van der Waals surface area (Å²) in [6.07, 6.45) is 3.26. The van der Waals surface area contributed by atoms with E-state index in [4.69, 9.17) is 0 Å². The average Bonchev–Trinajstić information content (AvgIpc) is 2.93. The Balaban J connectivity index is 2.04. The smallest absolute Gasteiger partial charge is 0.117 e. The quantitative estimate of drug-likeness (QED) is 0.816. The lowest BCUT2D eigenvalue weighted by molar-refractivity contribution is 0.536. The number of nitrogens with one attached hydrogen (secondary N) is 2. The van der Waals surface area contributed by atoms with E-state index in [0.717, 1.165) is 35.7 Å². The van der Waals surface area contributed by atoms with Crippen LogP contribution in [0.1, 0.15) is 19.0 Å². The maximum absolute atomic E-state index is 4.25. The first kappa shape index (κ1) is 14.1. The van der Waals surface area contributed by atoms with Gasteiger partial charge in [-0.2, -0.15) is 27.2 Å². The zero-order valence-electron chi connectivity index (χ0n) is 11.4. The Morgan fingerprint density at radius 1 is 1.26 bits per heavy atom. The highest BCUT2D eigenvalue weighted by Crippen LogP contribution is 2.18. The molecule has 1 aromatic carbocycles. The van der Waals surface area contributed by atoms with E-state index < -0.39 is 0 Å². The molecule has 0 aliphatic rings. The summed E-state index contributed by atoms with van der Waals surface area (Å²) in [6.45, 7) is 2.95. The summed E-state index contributed by atoms with van der Waals surface area (Å²) >= 11 is 1.87. The first-order chi connectivity index (χ1) is 9.35. The largest absolute Gasteiger partial charge is 0.307 e. The van der Waals surface area contributed by atoms with Crippen LogP contribution < -0.4 is 5.32 Å². The Kier molecular flexibility index (Phi) is 5.42. The van der Waals surface area contributed by atoms with Crippen molar-refractivity contribution < 1.29 is 0 Å². The number of hydrogen-bond donors (Lipinski definition) is 2. The van der Waals surface area contributed by atoms with Crippen LogP contribution in [-0.2, 0) is 6.54 Å². The second-order valence-corrected chi connectivity index (χ2v) is 5.34. The molecule has 0 radical (unpaired) electrons. The van der Waals surface area contributed by atoms with Gasteiger partial charge in [0.2, 0.25) is 0 Å². The second-order valence-electron chi connectivity index (χ2n) is 4.43. The molecule has 5 heteroatoms. The molecule has 0 fully saturated rings. The Bertz CT molecular complexity index is 483. The summed E-state index contributed by atoms with van der Waals surface area (Å²) in [5.74, 6) is 1.12. The Morgan fingerprint density at radius 2 is 2.05 bits per heavy atom. The van der Waals surface area contributed by atoms with E-state index in [0.29, 0.717) is 6.04 Å². The molecule has 102 valence electrons. The molecular formula is C14H20N4S. The standard InChI is InChI=1S/C14H20N4S/c1-3-12(10-19-2)15-9-13-14(17-18-16-13)11-7-5-4-6-8-11/h4-8,12,15H,3,9-10H2,1-2H3,(H,16,17,18). The summed E-state index contributed by atoms with van der Waals surface area (Å²) in [5.41, 5.74) is 3.02. The molecule has 0 amide bonds. The van der Waals surface area contributed by atoms with Gasteiger partial charge in [0, 0.05) is 23.9 Å². The molecule has 0 spiro atoms. The Hall–Kier alpha value is -1.33. The van der Waals surface area contributed by atoms with E-state index in [1.807, 2.05) is 30.0 Å². The van der Waals surface area contributed by atoms with Gasteiger partial charge in [0.15, 0.2) is 0 Å². The number of aromatic amines is 1. The van der Waals surface area contributed by atoms with Gasteiger partial charge < -0.3 is 5.32 Å². The maximum atomic E-state index is 4.25. The molecule has 0 saturated carbocycles. The van der Waals surface area contributed by atoms with Gasteiger partial charge >= 0.3 is 0 Å². The molecule has 4 nitrogen and oxygen atoms in total. The van der Waals surface area contributed by atoms with Crippen LogP contribution in [0.25, 0.3) is 11.3 Å². The van der Waals surface area contributed by atoms with Crippen molar-refractivity contribution in [3.05, 3.63) is 36.0 Å². The minimum atomic E-state index is 0.523. The molecule has 1 atom stereocenters. The van der Waals surface area contributed by atoms with Crippen LogP contribution in [0.15, 0.2) is 30.3 Å². The van der Waals surface area contributed by atoms with Crippen molar-refractivity contribution in [2.75, 3.05) is 12.0 Å². The Morgan fingerprint density at radius 3 is 2.74 bits per heavy atom. The third-order valence-corrected chi connectivity index (χ3v) is 3.82. The van der Waals surface area contributed by atoms with Gasteiger partial charge in [-0.05, 0) is 12.7 Å². The van der Waals surface area contributed by atoms with Crippen LogP contribution in [0.2, 0.25) is 0 Å². The third kappa shape index (κ3) is 3.81. The van der Waals surface area contributed by atoms with E-state index in [9.17, 15) is 0 Å². The lowest BCUT2D eigenvalue weighted by Gasteiger charge is -2.14. The molecule has 1 heterocycles. The molecule has 19 heavy (non-hydrogen) atoms. The fraction of sp³-hybridized carbons (Fsp3) is 0.429. The summed E-state index contributed by atoms with van der Waals surface area (Å²) in [5, 5.41) is 14.8. The van der Waals surface area contributed by atoms with Gasteiger partial charge in [0.25, 0.3) is 0 Å². The van der Waals surface area contributed by atoms with Crippen molar-refractivity contribution in [2.45, 2.75) is 25.9 Å². The Labute approximate surface area is 118 Å². The predicted molar refractivity (Wildman–Crippen MR) is 81.1 cm³/mol. The first-order valence-corrected chi connectivity index (χ1v) is 7.92.